The van der Waals surface area contributed by atoms with Gasteiger partial charge in [0.1, 0.15) is 0 Å². The molecule has 0 aliphatic heterocycles. The Hall–Kier alpha value is -1.84. The molecule has 2 rings (SSSR count). The third-order valence-corrected chi connectivity index (χ3v) is 1.54. The summed E-state index contributed by atoms with van der Waals surface area (Å²) in [6.07, 6.45) is 0. The highest BCUT2D eigenvalue weighted by Gasteiger charge is 2.05. The Morgan fingerprint density at radius 1 is 1.67 bits per heavy atom. The minimum atomic E-state index is -0.556. The second-order valence-corrected chi connectivity index (χ2v) is 2.38. The topological polar surface area (TPSA) is 71.8 Å². The molecule has 0 atom stereocenters. The van der Waals surface area contributed by atoms with Gasteiger partial charge in [-0.15, -0.1) is 0 Å². The molecule has 0 aliphatic rings. The summed E-state index contributed by atoms with van der Waals surface area (Å²) >= 11 is 0. The number of H-pyrrole nitrogens is 1. The highest BCUT2D eigenvalue weighted by molar-refractivity contribution is 5.92. The Balaban J connectivity index is 2.70. The monoisotopic (exact) mass is 160 g/mol. The molecule has 2 aromatic rings. The van der Waals surface area contributed by atoms with Crippen LogP contribution in [0.15, 0.2) is 18.2 Å². The van der Waals surface area contributed by atoms with Crippen molar-refractivity contribution in [1.29, 1.82) is 0 Å². The Kier molecular flexibility index (Phi) is 1.33. The molecule has 1 heterocycles. The molecule has 0 unspecified atom stereocenters. The van der Waals surface area contributed by atoms with E-state index in [0.29, 0.717) is 5.52 Å². The maximum Gasteiger partial charge on any atom is 0.284 e. The number of fused-ring (bicyclic) bond motifs is 1. The number of carbonyl (C=O) groups excluding carboxylic acids is 1. The number of nitrogens with zero attached hydrogens (tertiary/aromatic N) is 1. The minimum Gasteiger partial charge on any atom is -0.363 e. The lowest BCUT2D eigenvalue weighted by molar-refractivity contribution is 0.0991. The van der Waals surface area contributed by atoms with Gasteiger partial charge in [-0.2, -0.15) is 0 Å². The van der Waals surface area contributed by atoms with Crippen LogP contribution in [0.3, 0.4) is 0 Å². The average Bonchev–Trinajstić information content (AvgIpc) is 2.46. The second-order valence-electron chi connectivity index (χ2n) is 2.38. The Morgan fingerprint density at radius 3 is 3.17 bits per heavy atom. The molecule has 0 fully saturated rings. The summed E-state index contributed by atoms with van der Waals surface area (Å²) in [5.74, 6) is -0.382. The van der Waals surface area contributed by atoms with Gasteiger partial charge in [0.15, 0.2) is 5.82 Å². The van der Waals surface area contributed by atoms with Crippen LogP contribution in [0.4, 0.5) is 0 Å². The number of para-hydroxylation sites is 1. The maximum atomic E-state index is 10.7. The number of hydrogen-bond acceptors (Lipinski definition) is 2. The predicted octanol–water partition coefficient (Wildman–Crippen LogP) is 0.462. The van der Waals surface area contributed by atoms with Crippen LogP contribution in [0.2, 0.25) is 0 Å². The standard InChI is InChI=1S/C8H6N3O/c9-7(12)8-10-5-3-1-2-4-6(5)11-8/h1-3H,(H2,9,12)(H,10,11). The molecule has 4 nitrogen and oxygen atoms in total. The number of rotatable bonds is 1. The molecule has 12 heavy (non-hydrogen) atoms. The minimum absolute atomic E-state index is 0.174. The fraction of sp³-hybridized carbons (Fsp3) is 0. The van der Waals surface area contributed by atoms with Crippen LogP contribution in [0, 0.1) is 6.07 Å². The first-order valence-corrected chi connectivity index (χ1v) is 3.43. The normalized spacial score (nSPS) is 10.3. The van der Waals surface area contributed by atoms with Gasteiger partial charge < -0.3 is 10.7 Å². The van der Waals surface area contributed by atoms with E-state index in [9.17, 15) is 4.79 Å². The number of primary amides is 1. The molecule has 0 saturated heterocycles. The predicted molar refractivity (Wildman–Crippen MR) is 43.4 cm³/mol. The SMILES string of the molecule is NC(=O)c1nc2[c]cccc2[nH]1. The largest absolute Gasteiger partial charge is 0.363 e. The third kappa shape index (κ3) is 0.934. The van der Waals surface area contributed by atoms with E-state index in [1.165, 1.54) is 0 Å². The van der Waals surface area contributed by atoms with Gasteiger partial charge in [-0.05, 0) is 6.07 Å². The summed E-state index contributed by atoms with van der Waals surface area (Å²) in [4.78, 5) is 17.4. The summed E-state index contributed by atoms with van der Waals surface area (Å²) in [6.45, 7) is 0. The van der Waals surface area contributed by atoms with Crippen LogP contribution in [0.5, 0.6) is 0 Å². The van der Waals surface area contributed by atoms with E-state index < -0.39 is 5.91 Å². The molecule has 1 aromatic carbocycles. The number of benzene rings is 1. The molecule has 1 amide bonds. The number of imidazole rings is 1. The molecule has 0 bridgehead atoms. The fourth-order valence-electron chi connectivity index (χ4n) is 1.01. The zero-order chi connectivity index (χ0) is 8.55. The number of hydrogen-bond donors (Lipinski definition) is 2. The Morgan fingerprint density at radius 2 is 2.50 bits per heavy atom. The van der Waals surface area contributed by atoms with Crippen LogP contribution in [0.25, 0.3) is 11.0 Å². The van der Waals surface area contributed by atoms with Crippen LogP contribution in [-0.2, 0) is 0 Å². The molecule has 0 spiro atoms. The van der Waals surface area contributed by atoms with Gasteiger partial charge in [0.05, 0.1) is 11.0 Å². The summed E-state index contributed by atoms with van der Waals surface area (Å²) < 4.78 is 0. The number of aromatic amines is 1. The fourth-order valence-corrected chi connectivity index (χ4v) is 1.01. The zero-order valence-corrected chi connectivity index (χ0v) is 6.16. The summed E-state index contributed by atoms with van der Waals surface area (Å²) in [6, 6.07) is 8.23. The molecule has 0 aliphatic carbocycles. The number of carbonyl (C=O) groups is 1. The first kappa shape index (κ1) is 6.84. The van der Waals surface area contributed by atoms with E-state index in [1.54, 1.807) is 6.07 Å². The Labute approximate surface area is 68.4 Å². The summed E-state index contributed by atoms with van der Waals surface area (Å²) in [5.41, 5.74) is 6.43. The molecule has 1 aromatic heterocycles. The van der Waals surface area contributed by atoms with Crippen molar-refractivity contribution in [2.24, 2.45) is 5.73 Å². The van der Waals surface area contributed by atoms with Gasteiger partial charge in [-0.3, -0.25) is 4.79 Å². The van der Waals surface area contributed by atoms with E-state index in [4.69, 9.17) is 5.73 Å². The number of amides is 1. The lowest BCUT2D eigenvalue weighted by Crippen LogP contribution is -2.12. The lowest BCUT2D eigenvalue weighted by atomic mass is 10.3. The quantitative estimate of drug-likeness (QED) is 0.636. The van der Waals surface area contributed by atoms with E-state index in [0.717, 1.165) is 5.52 Å². The molecule has 0 saturated carbocycles. The molecule has 4 heteroatoms. The summed E-state index contributed by atoms with van der Waals surface area (Å²) in [5, 5.41) is 0. The highest BCUT2D eigenvalue weighted by Crippen LogP contribution is 2.08. The van der Waals surface area contributed by atoms with Gasteiger partial charge in [-0.1, -0.05) is 12.1 Å². The molecular weight excluding hydrogens is 154 g/mol. The van der Waals surface area contributed by atoms with Crippen LogP contribution in [-0.4, -0.2) is 15.9 Å². The first-order valence-electron chi connectivity index (χ1n) is 3.43. The zero-order valence-electron chi connectivity index (χ0n) is 6.16. The number of nitrogens with one attached hydrogen (secondary N) is 1. The first-order chi connectivity index (χ1) is 5.77. The number of nitrogens with two attached hydrogens (primary N) is 1. The van der Waals surface area contributed by atoms with Crippen LogP contribution in [0.1, 0.15) is 10.6 Å². The Bertz CT molecular complexity index is 400. The summed E-state index contributed by atoms with van der Waals surface area (Å²) in [7, 11) is 0. The number of aromatic nitrogens is 2. The van der Waals surface area contributed by atoms with Gasteiger partial charge in [-0.25, -0.2) is 4.98 Å². The van der Waals surface area contributed by atoms with Gasteiger partial charge in [0.2, 0.25) is 0 Å². The van der Waals surface area contributed by atoms with Gasteiger partial charge in [0, 0.05) is 6.07 Å². The van der Waals surface area contributed by atoms with E-state index in [-0.39, 0.29) is 5.82 Å². The van der Waals surface area contributed by atoms with E-state index >= 15 is 0 Å². The smallest absolute Gasteiger partial charge is 0.284 e. The molecule has 1 radical (unpaired) electrons. The molecule has 3 N–H and O–H groups in total. The highest BCUT2D eigenvalue weighted by atomic mass is 16.1. The third-order valence-electron chi connectivity index (χ3n) is 1.54. The van der Waals surface area contributed by atoms with Crippen molar-refractivity contribution in [2.75, 3.05) is 0 Å². The van der Waals surface area contributed by atoms with Gasteiger partial charge in [0.25, 0.3) is 5.91 Å². The van der Waals surface area contributed by atoms with E-state index in [1.807, 2.05) is 12.1 Å². The average molecular weight is 160 g/mol. The van der Waals surface area contributed by atoms with Crippen molar-refractivity contribution in [2.45, 2.75) is 0 Å². The maximum absolute atomic E-state index is 10.7. The van der Waals surface area contributed by atoms with Crippen molar-refractivity contribution in [3.8, 4) is 0 Å². The van der Waals surface area contributed by atoms with Crippen LogP contribution < -0.4 is 5.73 Å². The molecule has 59 valence electrons. The van der Waals surface area contributed by atoms with Crippen molar-refractivity contribution >= 4 is 16.9 Å². The van der Waals surface area contributed by atoms with Crippen LogP contribution >= 0.6 is 0 Å². The lowest BCUT2D eigenvalue weighted by Gasteiger charge is -1.82. The van der Waals surface area contributed by atoms with Gasteiger partial charge >= 0.3 is 0 Å². The van der Waals surface area contributed by atoms with Crippen molar-refractivity contribution < 1.29 is 4.79 Å². The van der Waals surface area contributed by atoms with E-state index in [2.05, 4.69) is 16.0 Å². The van der Waals surface area contributed by atoms with Crippen molar-refractivity contribution in [1.82, 2.24) is 9.97 Å². The molecular formula is C8H6N3O. The second kappa shape index (κ2) is 2.34. The van der Waals surface area contributed by atoms with Crippen molar-refractivity contribution in [3.63, 3.8) is 0 Å². The van der Waals surface area contributed by atoms with Crippen molar-refractivity contribution in [3.05, 3.63) is 30.1 Å².